The summed E-state index contributed by atoms with van der Waals surface area (Å²) in [5.74, 6) is 1.10. The largest absolute Gasteiger partial charge is 0.366 e. The second-order valence-electron chi connectivity index (χ2n) is 7.06. The van der Waals surface area contributed by atoms with E-state index in [0.29, 0.717) is 12.1 Å². The second kappa shape index (κ2) is 6.81. The van der Waals surface area contributed by atoms with Crippen LogP contribution >= 0.6 is 0 Å². The molecule has 1 atom stereocenters. The fourth-order valence-corrected chi connectivity index (χ4v) is 4.08. The van der Waals surface area contributed by atoms with Crippen molar-refractivity contribution in [1.82, 2.24) is 15.0 Å². The van der Waals surface area contributed by atoms with Crippen molar-refractivity contribution < 1.29 is 0 Å². The van der Waals surface area contributed by atoms with Gasteiger partial charge in [0.25, 0.3) is 0 Å². The molecule has 0 radical (unpaired) electrons. The van der Waals surface area contributed by atoms with Crippen molar-refractivity contribution in [2.75, 3.05) is 5.32 Å². The third-order valence-electron chi connectivity index (χ3n) is 5.39. The molecular weight excluding hydrogens is 288 g/mol. The summed E-state index contributed by atoms with van der Waals surface area (Å²) in [6.07, 6.45) is 16.6. The third kappa shape index (κ3) is 3.16. The Balaban J connectivity index is 1.61. The van der Waals surface area contributed by atoms with Crippen LogP contribution in [0.3, 0.4) is 0 Å². The van der Waals surface area contributed by atoms with Gasteiger partial charge < -0.3 is 5.32 Å². The van der Waals surface area contributed by atoms with E-state index < -0.39 is 0 Å². The first-order chi connectivity index (χ1) is 11.4. The maximum absolute atomic E-state index is 4.52. The Hall–Kier alpha value is -1.72. The topological polar surface area (TPSA) is 67.5 Å². The summed E-state index contributed by atoms with van der Waals surface area (Å²) in [6, 6.07) is 0.961. The predicted octanol–water partition coefficient (Wildman–Crippen LogP) is 4.55. The number of nitrogens with one attached hydrogen (secondary N) is 1. The average Bonchev–Trinajstić information content (AvgIpc) is 3.26. The molecule has 6 heteroatoms. The van der Waals surface area contributed by atoms with E-state index in [2.05, 4.69) is 30.5 Å². The van der Waals surface area contributed by atoms with Crippen LogP contribution in [0.4, 0.5) is 5.82 Å². The van der Waals surface area contributed by atoms with Crippen molar-refractivity contribution in [3.8, 4) is 0 Å². The molecule has 0 aromatic carbocycles. The van der Waals surface area contributed by atoms with Crippen LogP contribution in [0.2, 0.25) is 0 Å². The maximum Gasteiger partial charge on any atom is 0.151 e. The number of aromatic nitrogens is 3. The lowest BCUT2D eigenvalue weighted by Gasteiger charge is -2.28. The summed E-state index contributed by atoms with van der Waals surface area (Å²) in [6.45, 7) is 0. The van der Waals surface area contributed by atoms with Gasteiger partial charge >= 0.3 is 0 Å². The number of hydrogen-bond donors (Lipinski definition) is 1. The molecular formula is C17H26N6. The predicted molar refractivity (Wildman–Crippen MR) is 89.4 cm³/mol. The molecule has 0 spiro atoms. The molecule has 2 fully saturated rings. The van der Waals surface area contributed by atoms with Crippen molar-refractivity contribution >= 4 is 5.82 Å². The van der Waals surface area contributed by atoms with Crippen LogP contribution in [-0.4, -0.2) is 21.0 Å². The monoisotopic (exact) mass is 314 g/mol. The standard InChI is InChI=1S/C17H26N6/c1-3-7-13(8-4-1)19-17-16(15-11-12-18-20-15)21-22-23(17)14-9-5-2-6-10-14/h11-15,19H,1-10H2. The highest BCUT2D eigenvalue weighted by atomic mass is 15.5. The molecule has 6 nitrogen and oxygen atoms in total. The van der Waals surface area contributed by atoms with E-state index >= 15 is 0 Å². The van der Waals surface area contributed by atoms with E-state index in [1.54, 1.807) is 6.20 Å². The second-order valence-corrected chi connectivity index (χ2v) is 7.06. The zero-order chi connectivity index (χ0) is 15.5. The minimum atomic E-state index is -0.0709. The molecule has 1 aromatic heterocycles. The molecule has 2 aliphatic carbocycles. The van der Waals surface area contributed by atoms with Crippen LogP contribution in [0.15, 0.2) is 22.5 Å². The smallest absolute Gasteiger partial charge is 0.151 e. The van der Waals surface area contributed by atoms with Gasteiger partial charge in [0, 0.05) is 12.2 Å². The number of anilines is 1. The summed E-state index contributed by atoms with van der Waals surface area (Å²) < 4.78 is 2.16. The summed E-state index contributed by atoms with van der Waals surface area (Å²) >= 11 is 0. The van der Waals surface area contributed by atoms with Gasteiger partial charge in [-0.3, -0.25) is 0 Å². The van der Waals surface area contributed by atoms with Gasteiger partial charge in [0.15, 0.2) is 5.82 Å². The molecule has 124 valence electrons. The molecule has 23 heavy (non-hydrogen) atoms. The lowest BCUT2D eigenvalue weighted by Crippen LogP contribution is -2.26. The van der Waals surface area contributed by atoms with Crippen LogP contribution in [0.1, 0.15) is 82.0 Å². The van der Waals surface area contributed by atoms with Crippen LogP contribution in [0.25, 0.3) is 0 Å². The lowest BCUT2D eigenvalue weighted by atomic mass is 9.94. The zero-order valence-corrected chi connectivity index (χ0v) is 13.7. The van der Waals surface area contributed by atoms with E-state index in [9.17, 15) is 0 Å². The molecule has 1 aromatic rings. The van der Waals surface area contributed by atoms with Gasteiger partial charge in [-0.1, -0.05) is 43.7 Å². The summed E-state index contributed by atoms with van der Waals surface area (Å²) in [4.78, 5) is 0. The van der Waals surface area contributed by atoms with Crippen LogP contribution < -0.4 is 5.32 Å². The molecule has 1 unspecified atom stereocenters. The Morgan fingerprint density at radius 1 is 0.957 bits per heavy atom. The highest BCUT2D eigenvalue weighted by molar-refractivity contribution is 5.45. The molecule has 1 N–H and O–H groups in total. The number of azo groups is 1. The SMILES string of the molecule is C1=CC(c2nnn(C3CCCCC3)c2NC2CCCCC2)N=N1. The summed E-state index contributed by atoms with van der Waals surface area (Å²) in [7, 11) is 0. The van der Waals surface area contributed by atoms with Gasteiger partial charge in [0.1, 0.15) is 11.7 Å². The van der Waals surface area contributed by atoms with E-state index in [1.807, 2.05) is 6.08 Å². The molecule has 0 amide bonds. The Bertz CT molecular complexity index is 566. The average molecular weight is 314 g/mol. The van der Waals surface area contributed by atoms with Gasteiger partial charge in [0.2, 0.25) is 0 Å². The van der Waals surface area contributed by atoms with Crippen molar-refractivity contribution in [3.05, 3.63) is 18.0 Å². The number of nitrogens with zero attached hydrogens (tertiary/aromatic N) is 5. The molecule has 3 aliphatic rings. The first kappa shape index (κ1) is 14.8. The minimum absolute atomic E-state index is 0.0709. The van der Waals surface area contributed by atoms with Gasteiger partial charge in [-0.2, -0.15) is 10.2 Å². The van der Waals surface area contributed by atoms with Crippen molar-refractivity contribution in [1.29, 1.82) is 0 Å². The first-order valence-electron chi connectivity index (χ1n) is 9.20. The molecule has 2 heterocycles. The Kier molecular flexibility index (Phi) is 4.39. The number of rotatable bonds is 4. The third-order valence-corrected chi connectivity index (χ3v) is 5.39. The highest BCUT2D eigenvalue weighted by Gasteiger charge is 2.28. The van der Waals surface area contributed by atoms with Gasteiger partial charge in [-0.15, -0.1) is 5.10 Å². The lowest BCUT2D eigenvalue weighted by molar-refractivity contribution is 0.325. The zero-order valence-electron chi connectivity index (χ0n) is 13.7. The van der Waals surface area contributed by atoms with Crippen molar-refractivity contribution in [2.24, 2.45) is 10.2 Å². The Labute approximate surface area is 137 Å². The van der Waals surface area contributed by atoms with Gasteiger partial charge in [0.05, 0.1) is 6.04 Å². The van der Waals surface area contributed by atoms with Gasteiger partial charge in [-0.25, -0.2) is 4.68 Å². The van der Waals surface area contributed by atoms with E-state index in [1.165, 1.54) is 64.2 Å². The quantitative estimate of drug-likeness (QED) is 0.886. The Morgan fingerprint density at radius 3 is 2.39 bits per heavy atom. The Morgan fingerprint density at radius 2 is 1.70 bits per heavy atom. The molecule has 4 rings (SSSR count). The van der Waals surface area contributed by atoms with Gasteiger partial charge in [-0.05, 0) is 31.8 Å². The van der Waals surface area contributed by atoms with Crippen LogP contribution in [0, 0.1) is 0 Å². The van der Waals surface area contributed by atoms with Crippen molar-refractivity contribution in [2.45, 2.75) is 82.3 Å². The highest BCUT2D eigenvalue weighted by Crippen LogP contribution is 2.35. The van der Waals surface area contributed by atoms with E-state index in [-0.39, 0.29) is 6.04 Å². The summed E-state index contributed by atoms with van der Waals surface area (Å²) in [5, 5.41) is 21.0. The first-order valence-corrected chi connectivity index (χ1v) is 9.20. The molecule has 1 aliphatic heterocycles. The minimum Gasteiger partial charge on any atom is -0.366 e. The molecule has 0 saturated heterocycles. The molecule has 2 saturated carbocycles. The summed E-state index contributed by atoms with van der Waals surface area (Å²) in [5.41, 5.74) is 0.943. The van der Waals surface area contributed by atoms with Crippen LogP contribution in [0.5, 0.6) is 0 Å². The van der Waals surface area contributed by atoms with E-state index in [0.717, 1.165) is 11.5 Å². The van der Waals surface area contributed by atoms with Crippen LogP contribution in [-0.2, 0) is 0 Å². The van der Waals surface area contributed by atoms with E-state index in [4.69, 9.17) is 0 Å². The molecule has 0 bridgehead atoms. The maximum atomic E-state index is 4.52. The fourth-order valence-electron chi connectivity index (χ4n) is 4.08. The normalized spacial score (nSPS) is 26.0. The fraction of sp³-hybridized carbons (Fsp3) is 0.765. The van der Waals surface area contributed by atoms with Crippen molar-refractivity contribution in [3.63, 3.8) is 0 Å². The number of hydrogen-bond acceptors (Lipinski definition) is 5.